The normalized spacial score (nSPS) is 10.7. The van der Waals surface area contributed by atoms with Crippen molar-refractivity contribution < 1.29 is 4.79 Å². The minimum atomic E-state index is -0.134. The van der Waals surface area contributed by atoms with Crippen LogP contribution in [0.5, 0.6) is 0 Å². The van der Waals surface area contributed by atoms with Crippen LogP contribution in [0.25, 0.3) is 16.6 Å². The Bertz CT molecular complexity index is 1230. The smallest absolute Gasteiger partial charge is 0.265 e. The van der Waals surface area contributed by atoms with Gasteiger partial charge in [-0.1, -0.05) is 30.3 Å². The van der Waals surface area contributed by atoms with E-state index in [9.17, 15) is 9.59 Å². The number of carbonyl (C=O) groups is 1. The fourth-order valence-corrected chi connectivity index (χ4v) is 3.46. The molecular weight excluding hydrogens is 388 g/mol. The molecule has 4 rings (SSSR count). The highest BCUT2D eigenvalue weighted by Crippen LogP contribution is 2.12. The van der Waals surface area contributed by atoms with E-state index in [1.807, 2.05) is 43.4 Å². The van der Waals surface area contributed by atoms with Crippen molar-refractivity contribution in [3.8, 4) is 5.69 Å². The summed E-state index contributed by atoms with van der Waals surface area (Å²) in [6, 6.07) is 24.4. The van der Waals surface area contributed by atoms with E-state index in [1.165, 1.54) is 10.9 Å². The average molecular weight is 412 g/mol. The third kappa shape index (κ3) is 4.64. The van der Waals surface area contributed by atoms with Crippen LogP contribution >= 0.6 is 0 Å². The molecule has 1 amide bonds. The van der Waals surface area contributed by atoms with Crippen molar-refractivity contribution in [2.24, 2.45) is 0 Å². The Morgan fingerprint density at radius 2 is 1.68 bits per heavy atom. The number of benzene rings is 3. The van der Waals surface area contributed by atoms with Gasteiger partial charge in [0.25, 0.3) is 11.5 Å². The van der Waals surface area contributed by atoms with Crippen molar-refractivity contribution in [3.05, 3.63) is 101 Å². The Morgan fingerprint density at radius 3 is 2.45 bits per heavy atom. The minimum absolute atomic E-state index is 0.127. The summed E-state index contributed by atoms with van der Waals surface area (Å²) in [5, 5.41) is 3.52. The second-order valence-electron chi connectivity index (χ2n) is 7.35. The molecule has 1 heterocycles. The van der Waals surface area contributed by atoms with Crippen molar-refractivity contribution in [1.82, 2.24) is 14.9 Å². The van der Waals surface area contributed by atoms with Gasteiger partial charge in [-0.05, 0) is 55.0 Å². The molecular formula is C25H24N4O2. The van der Waals surface area contributed by atoms with Crippen LogP contribution in [0.3, 0.4) is 0 Å². The topological polar surface area (TPSA) is 67.2 Å². The second-order valence-corrected chi connectivity index (χ2v) is 7.35. The molecule has 0 saturated carbocycles. The first-order valence-corrected chi connectivity index (χ1v) is 10.2. The number of hydrogen-bond donors (Lipinski definition) is 1. The molecule has 6 heteroatoms. The van der Waals surface area contributed by atoms with Gasteiger partial charge in [0.2, 0.25) is 0 Å². The first kappa shape index (κ1) is 20.3. The molecule has 0 bridgehead atoms. The first-order chi connectivity index (χ1) is 15.1. The number of amides is 1. The monoisotopic (exact) mass is 412 g/mol. The summed E-state index contributed by atoms with van der Waals surface area (Å²) in [6.07, 6.45) is 2.36. The molecule has 0 atom stereocenters. The molecule has 1 N–H and O–H groups in total. The van der Waals surface area contributed by atoms with Crippen LogP contribution in [0.1, 0.15) is 16.8 Å². The van der Waals surface area contributed by atoms with Gasteiger partial charge in [-0.25, -0.2) is 4.98 Å². The van der Waals surface area contributed by atoms with Crippen LogP contribution < -0.4 is 15.8 Å². The quantitative estimate of drug-likeness (QED) is 0.471. The summed E-state index contributed by atoms with van der Waals surface area (Å²) >= 11 is 0. The number of anilines is 1. The van der Waals surface area contributed by atoms with E-state index in [2.05, 4.69) is 27.3 Å². The predicted molar refractivity (Wildman–Crippen MR) is 124 cm³/mol. The van der Waals surface area contributed by atoms with Gasteiger partial charge in [0.1, 0.15) is 6.33 Å². The van der Waals surface area contributed by atoms with Crippen molar-refractivity contribution in [2.45, 2.75) is 6.42 Å². The van der Waals surface area contributed by atoms with E-state index in [1.54, 1.807) is 30.3 Å². The lowest BCUT2D eigenvalue weighted by Crippen LogP contribution is -2.28. The van der Waals surface area contributed by atoms with Crippen molar-refractivity contribution in [2.75, 3.05) is 25.0 Å². The van der Waals surface area contributed by atoms with Gasteiger partial charge in [0.05, 0.1) is 16.6 Å². The molecule has 0 aliphatic rings. The van der Waals surface area contributed by atoms with Gasteiger partial charge in [-0.15, -0.1) is 0 Å². The molecule has 3 aromatic carbocycles. The van der Waals surface area contributed by atoms with Crippen LogP contribution in [0.4, 0.5) is 5.69 Å². The van der Waals surface area contributed by atoms with Crippen LogP contribution in [0.15, 0.2) is 90.0 Å². The van der Waals surface area contributed by atoms with Crippen LogP contribution in [-0.2, 0) is 0 Å². The summed E-state index contributed by atoms with van der Waals surface area (Å²) in [6.45, 7) is 1.44. The molecule has 0 aliphatic heterocycles. The van der Waals surface area contributed by atoms with Crippen molar-refractivity contribution in [3.63, 3.8) is 0 Å². The summed E-state index contributed by atoms with van der Waals surface area (Å²) in [4.78, 5) is 31.7. The maximum absolute atomic E-state index is 12.7. The van der Waals surface area contributed by atoms with Gasteiger partial charge in [-0.2, -0.15) is 0 Å². The maximum Gasteiger partial charge on any atom is 0.265 e. The number of fused-ring (bicyclic) bond motifs is 1. The Morgan fingerprint density at radius 1 is 0.968 bits per heavy atom. The number of para-hydroxylation sites is 2. The number of carbonyl (C=O) groups excluding carboxylic acids is 1. The lowest BCUT2D eigenvalue weighted by Gasteiger charge is -2.19. The van der Waals surface area contributed by atoms with Gasteiger partial charge in [-0.3, -0.25) is 14.2 Å². The zero-order chi connectivity index (χ0) is 21.6. The molecule has 0 fully saturated rings. The number of hydrogen-bond acceptors (Lipinski definition) is 4. The lowest BCUT2D eigenvalue weighted by molar-refractivity contribution is 0.0953. The SMILES string of the molecule is CN(CCCNC(=O)c1ccc(-n2cnc3ccccc3c2=O)cc1)c1ccccc1. The summed E-state index contributed by atoms with van der Waals surface area (Å²) in [7, 11) is 2.04. The fraction of sp³-hybridized carbons (Fsp3) is 0.160. The highest BCUT2D eigenvalue weighted by molar-refractivity contribution is 5.94. The molecule has 4 aromatic rings. The predicted octanol–water partition coefficient (Wildman–Crippen LogP) is 3.64. The molecule has 0 spiro atoms. The van der Waals surface area contributed by atoms with E-state index in [4.69, 9.17) is 0 Å². The van der Waals surface area contributed by atoms with E-state index in [-0.39, 0.29) is 11.5 Å². The molecule has 6 nitrogen and oxygen atoms in total. The first-order valence-electron chi connectivity index (χ1n) is 10.2. The highest BCUT2D eigenvalue weighted by atomic mass is 16.1. The fourth-order valence-electron chi connectivity index (χ4n) is 3.46. The molecule has 0 radical (unpaired) electrons. The number of nitrogens with one attached hydrogen (secondary N) is 1. The standard InChI is InChI=1S/C25H24N4O2/c1-28(20-8-3-2-4-9-20)17-7-16-26-24(30)19-12-14-21(15-13-19)29-18-27-23-11-6-5-10-22(23)25(29)31/h2-6,8-15,18H,7,16-17H2,1H3,(H,26,30). The minimum Gasteiger partial charge on any atom is -0.375 e. The van der Waals surface area contributed by atoms with E-state index in [0.29, 0.717) is 28.7 Å². The largest absolute Gasteiger partial charge is 0.375 e. The zero-order valence-corrected chi connectivity index (χ0v) is 17.4. The van der Waals surface area contributed by atoms with E-state index >= 15 is 0 Å². The summed E-state index contributed by atoms with van der Waals surface area (Å²) in [5.41, 5.74) is 2.91. The Labute approximate surface area is 180 Å². The Hall–Kier alpha value is -3.93. The average Bonchev–Trinajstić information content (AvgIpc) is 2.82. The van der Waals surface area contributed by atoms with Crippen molar-refractivity contribution >= 4 is 22.5 Å². The lowest BCUT2D eigenvalue weighted by atomic mass is 10.2. The molecule has 0 saturated heterocycles. The van der Waals surface area contributed by atoms with Gasteiger partial charge in [0.15, 0.2) is 0 Å². The highest BCUT2D eigenvalue weighted by Gasteiger charge is 2.08. The molecule has 0 aliphatic carbocycles. The summed E-state index contributed by atoms with van der Waals surface area (Å²) < 4.78 is 1.49. The van der Waals surface area contributed by atoms with Gasteiger partial charge in [0, 0.05) is 31.4 Å². The Balaban J connectivity index is 1.35. The zero-order valence-electron chi connectivity index (χ0n) is 17.4. The van der Waals surface area contributed by atoms with Gasteiger partial charge < -0.3 is 10.2 Å². The molecule has 1 aromatic heterocycles. The second kappa shape index (κ2) is 9.26. The van der Waals surface area contributed by atoms with Crippen LogP contribution in [0.2, 0.25) is 0 Å². The summed E-state index contributed by atoms with van der Waals surface area (Å²) in [5.74, 6) is -0.127. The van der Waals surface area contributed by atoms with E-state index in [0.717, 1.165) is 18.7 Å². The van der Waals surface area contributed by atoms with Crippen LogP contribution in [0, 0.1) is 0 Å². The van der Waals surface area contributed by atoms with Gasteiger partial charge >= 0.3 is 0 Å². The molecule has 0 unspecified atom stereocenters. The number of aromatic nitrogens is 2. The third-order valence-electron chi connectivity index (χ3n) is 5.23. The van der Waals surface area contributed by atoms with Crippen molar-refractivity contribution in [1.29, 1.82) is 0 Å². The maximum atomic E-state index is 12.7. The Kier molecular flexibility index (Phi) is 6.08. The van der Waals surface area contributed by atoms with E-state index < -0.39 is 0 Å². The molecule has 31 heavy (non-hydrogen) atoms. The van der Waals surface area contributed by atoms with Crippen LogP contribution in [-0.4, -0.2) is 35.6 Å². The third-order valence-corrected chi connectivity index (χ3v) is 5.23. The number of nitrogens with zero attached hydrogens (tertiary/aromatic N) is 3. The number of rotatable bonds is 7. The molecule has 156 valence electrons.